The molecule has 1 amide bonds. The Kier molecular flexibility index (Phi) is 5.44. The summed E-state index contributed by atoms with van der Waals surface area (Å²) in [6.45, 7) is 6.24. The fourth-order valence-corrected chi connectivity index (χ4v) is 2.81. The molecule has 112 valence electrons. The van der Waals surface area contributed by atoms with Gasteiger partial charge in [-0.3, -0.25) is 4.79 Å². The summed E-state index contributed by atoms with van der Waals surface area (Å²) >= 11 is 1.56. The summed E-state index contributed by atoms with van der Waals surface area (Å²) in [6, 6.07) is 10.2. The van der Waals surface area contributed by atoms with Crippen LogP contribution in [0.1, 0.15) is 31.9 Å². The zero-order valence-electron chi connectivity index (χ0n) is 12.7. The second kappa shape index (κ2) is 7.31. The summed E-state index contributed by atoms with van der Waals surface area (Å²) in [6.07, 6.45) is 2.69. The third-order valence-electron chi connectivity index (χ3n) is 3.40. The molecule has 0 aliphatic heterocycles. The van der Waals surface area contributed by atoms with E-state index in [4.69, 9.17) is 0 Å². The van der Waals surface area contributed by atoms with E-state index in [1.807, 2.05) is 28.9 Å². The number of rotatable bonds is 6. The van der Waals surface area contributed by atoms with Crippen LogP contribution in [-0.4, -0.2) is 21.4 Å². The van der Waals surface area contributed by atoms with Crippen molar-refractivity contribution < 1.29 is 4.79 Å². The van der Waals surface area contributed by atoms with Crippen molar-refractivity contribution >= 4 is 23.5 Å². The molecule has 0 aliphatic rings. The van der Waals surface area contributed by atoms with Crippen LogP contribution < -0.4 is 5.32 Å². The van der Waals surface area contributed by atoms with Gasteiger partial charge >= 0.3 is 0 Å². The van der Waals surface area contributed by atoms with Crippen LogP contribution in [0, 0.1) is 6.92 Å². The smallest absolute Gasteiger partial charge is 0.235 e. The first-order valence-electron chi connectivity index (χ1n) is 7.13. The Labute approximate surface area is 129 Å². The van der Waals surface area contributed by atoms with E-state index in [9.17, 15) is 4.79 Å². The molecule has 4 nitrogen and oxygen atoms in total. The molecule has 0 fully saturated rings. The molecule has 1 aromatic carbocycles. The van der Waals surface area contributed by atoms with Gasteiger partial charge in [-0.05, 0) is 31.9 Å². The SMILES string of the molecule is CCC(C)n1nccc1NC(=O)CSc1ccccc1C. The maximum absolute atomic E-state index is 12.1. The third kappa shape index (κ3) is 4.11. The van der Waals surface area contributed by atoms with E-state index in [1.165, 1.54) is 5.56 Å². The number of nitrogens with zero attached hydrogens (tertiary/aromatic N) is 2. The molecular formula is C16H21N3OS. The minimum absolute atomic E-state index is 0.00620. The van der Waals surface area contributed by atoms with Crippen molar-refractivity contribution in [2.45, 2.75) is 38.1 Å². The van der Waals surface area contributed by atoms with Crippen LogP contribution in [0.4, 0.5) is 5.82 Å². The number of hydrogen-bond donors (Lipinski definition) is 1. The van der Waals surface area contributed by atoms with Gasteiger partial charge in [-0.2, -0.15) is 5.10 Å². The van der Waals surface area contributed by atoms with Gasteiger partial charge in [-0.15, -0.1) is 11.8 Å². The summed E-state index contributed by atoms with van der Waals surface area (Å²) in [4.78, 5) is 13.2. The van der Waals surface area contributed by atoms with Gasteiger partial charge in [0.2, 0.25) is 5.91 Å². The molecule has 0 bridgehead atoms. The molecule has 2 aromatic rings. The van der Waals surface area contributed by atoms with Crippen molar-refractivity contribution in [3.05, 3.63) is 42.1 Å². The van der Waals surface area contributed by atoms with Crippen LogP contribution in [0.3, 0.4) is 0 Å². The lowest BCUT2D eigenvalue weighted by atomic mass is 10.2. The molecule has 0 aliphatic carbocycles. The van der Waals surface area contributed by atoms with Gasteiger partial charge in [0.25, 0.3) is 0 Å². The first-order chi connectivity index (χ1) is 10.1. The average molecular weight is 303 g/mol. The van der Waals surface area contributed by atoms with Crippen LogP contribution in [0.5, 0.6) is 0 Å². The van der Waals surface area contributed by atoms with E-state index in [0.29, 0.717) is 5.75 Å². The minimum Gasteiger partial charge on any atom is -0.310 e. The van der Waals surface area contributed by atoms with Gasteiger partial charge in [0.1, 0.15) is 5.82 Å². The molecule has 1 unspecified atom stereocenters. The molecule has 2 rings (SSSR count). The summed E-state index contributed by atoms with van der Waals surface area (Å²) in [5.41, 5.74) is 1.19. The lowest BCUT2D eigenvalue weighted by molar-refractivity contribution is -0.113. The summed E-state index contributed by atoms with van der Waals surface area (Å²) in [7, 11) is 0. The van der Waals surface area contributed by atoms with E-state index in [-0.39, 0.29) is 11.9 Å². The average Bonchev–Trinajstić information content (AvgIpc) is 2.93. The normalized spacial score (nSPS) is 12.1. The summed E-state index contributed by atoms with van der Waals surface area (Å²) in [5.74, 6) is 1.16. The number of carbonyl (C=O) groups is 1. The highest BCUT2D eigenvalue weighted by Gasteiger charge is 2.11. The van der Waals surface area contributed by atoms with Crippen LogP contribution in [-0.2, 0) is 4.79 Å². The molecule has 1 aromatic heterocycles. The number of carbonyl (C=O) groups excluding carboxylic acids is 1. The summed E-state index contributed by atoms with van der Waals surface area (Å²) < 4.78 is 1.86. The Bertz CT molecular complexity index is 609. The highest BCUT2D eigenvalue weighted by molar-refractivity contribution is 8.00. The quantitative estimate of drug-likeness (QED) is 0.823. The van der Waals surface area contributed by atoms with E-state index in [2.05, 4.69) is 37.3 Å². The molecule has 5 heteroatoms. The lowest BCUT2D eigenvalue weighted by Gasteiger charge is -2.14. The van der Waals surface area contributed by atoms with Crippen molar-refractivity contribution in [3.8, 4) is 0 Å². The predicted molar refractivity (Wildman–Crippen MR) is 87.8 cm³/mol. The van der Waals surface area contributed by atoms with E-state index in [1.54, 1.807) is 18.0 Å². The second-order valence-corrected chi connectivity index (χ2v) is 6.04. The van der Waals surface area contributed by atoms with Crippen LogP contribution >= 0.6 is 11.8 Å². The minimum atomic E-state index is -0.00620. The van der Waals surface area contributed by atoms with Crippen molar-refractivity contribution in [1.82, 2.24) is 9.78 Å². The highest BCUT2D eigenvalue weighted by Crippen LogP contribution is 2.22. The molecule has 0 saturated heterocycles. The first-order valence-corrected chi connectivity index (χ1v) is 8.12. The van der Waals surface area contributed by atoms with Gasteiger partial charge in [0.15, 0.2) is 0 Å². The topological polar surface area (TPSA) is 46.9 Å². The Morgan fingerprint density at radius 1 is 1.38 bits per heavy atom. The molecule has 1 heterocycles. The monoisotopic (exact) mass is 303 g/mol. The number of aryl methyl sites for hydroxylation is 1. The maximum Gasteiger partial charge on any atom is 0.235 e. The second-order valence-electron chi connectivity index (χ2n) is 5.02. The molecule has 21 heavy (non-hydrogen) atoms. The number of nitrogens with one attached hydrogen (secondary N) is 1. The Balaban J connectivity index is 1.94. The molecular weight excluding hydrogens is 282 g/mol. The fourth-order valence-electron chi connectivity index (χ4n) is 1.98. The number of thioether (sulfide) groups is 1. The number of amides is 1. The van der Waals surface area contributed by atoms with Gasteiger partial charge in [0, 0.05) is 11.0 Å². The Morgan fingerprint density at radius 3 is 2.86 bits per heavy atom. The first kappa shape index (κ1) is 15.6. The van der Waals surface area contributed by atoms with E-state index < -0.39 is 0 Å². The Hall–Kier alpha value is -1.75. The zero-order valence-corrected chi connectivity index (χ0v) is 13.5. The zero-order chi connectivity index (χ0) is 15.2. The van der Waals surface area contributed by atoms with Crippen molar-refractivity contribution in [1.29, 1.82) is 0 Å². The van der Waals surface area contributed by atoms with Crippen LogP contribution in [0.15, 0.2) is 41.4 Å². The van der Waals surface area contributed by atoms with Crippen molar-refractivity contribution in [2.24, 2.45) is 0 Å². The molecule has 1 atom stereocenters. The van der Waals surface area contributed by atoms with E-state index in [0.717, 1.165) is 17.1 Å². The van der Waals surface area contributed by atoms with Gasteiger partial charge < -0.3 is 5.32 Å². The number of hydrogen-bond acceptors (Lipinski definition) is 3. The Morgan fingerprint density at radius 2 is 2.14 bits per heavy atom. The van der Waals surface area contributed by atoms with Gasteiger partial charge in [-0.1, -0.05) is 25.1 Å². The van der Waals surface area contributed by atoms with E-state index >= 15 is 0 Å². The third-order valence-corrected chi connectivity index (χ3v) is 4.57. The van der Waals surface area contributed by atoms with Crippen molar-refractivity contribution in [2.75, 3.05) is 11.1 Å². The largest absolute Gasteiger partial charge is 0.310 e. The van der Waals surface area contributed by atoms with Gasteiger partial charge in [-0.25, -0.2) is 4.68 Å². The summed E-state index contributed by atoms with van der Waals surface area (Å²) in [5, 5.41) is 7.20. The van der Waals surface area contributed by atoms with Crippen LogP contribution in [0.2, 0.25) is 0 Å². The maximum atomic E-state index is 12.1. The van der Waals surface area contributed by atoms with Gasteiger partial charge in [0.05, 0.1) is 18.0 Å². The van der Waals surface area contributed by atoms with Crippen molar-refractivity contribution in [3.63, 3.8) is 0 Å². The molecule has 0 saturated carbocycles. The molecule has 0 radical (unpaired) electrons. The molecule has 1 N–H and O–H groups in total. The number of benzene rings is 1. The predicted octanol–water partition coefficient (Wildman–Crippen LogP) is 3.89. The highest BCUT2D eigenvalue weighted by atomic mass is 32.2. The standard InChI is InChI=1S/C16H21N3OS/c1-4-13(3)19-15(9-10-17-19)18-16(20)11-21-14-8-6-5-7-12(14)2/h5-10,13H,4,11H2,1-3H3,(H,18,20). The fraction of sp³-hybridized carbons (Fsp3) is 0.375. The lowest BCUT2D eigenvalue weighted by Crippen LogP contribution is -2.18. The number of aromatic nitrogens is 2. The molecule has 0 spiro atoms. The number of anilines is 1. The van der Waals surface area contributed by atoms with Crippen LogP contribution in [0.25, 0.3) is 0 Å².